The molecule has 0 radical (unpaired) electrons. The highest BCUT2D eigenvalue weighted by molar-refractivity contribution is 7.87. The van der Waals surface area contributed by atoms with E-state index in [1.165, 1.54) is 11.4 Å². The van der Waals surface area contributed by atoms with Crippen LogP contribution in [0.15, 0.2) is 0 Å². The first-order chi connectivity index (χ1) is 7.81. The van der Waals surface area contributed by atoms with E-state index in [0.717, 1.165) is 6.42 Å². The highest BCUT2D eigenvalue weighted by atomic mass is 32.2. The van der Waals surface area contributed by atoms with Crippen LogP contribution in [0.4, 0.5) is 0 Å². The van der Waals surface area contributed by atoms with E-state index >= 15 is 0 Å². The molecular weight excluding hydrogens is 242 g/mol. The van der Waals surface area contributed by atoms with E-state index in [2.05, 4.69) is 4.72 Å². The maximum Gasteiger partial charge on any atom is 0.280 e. The van der Waals surface area contributed by atoms with Crippen molar-refractivity contribution in [1.29, 1.82) is 0 Å². The summed E-state index contributed by atoms with van der Waals surface area (Å²) in [7, 11) is -1.97. The number of nitrogens with two attached hydrogens (primary N) is 1. The molecule has 6 nitrogen and oxygen atoms in total. The van der Waals surface area contributed by atoms with Crippen molar-refractivity contribution in [2.24, 2.45) is 5.73 Å². The zero-order valence-electron chi connectivity index (χ0n) is 11.2. The molecule has 0 unspecified atom stereocenters. The zero-order chi connectivity index (χ0) is 13.5. The SMILES string of the molecule is CCCN(C(C)(C)CN)S(=O)(=O)NCCOC. The second kappa shape index (κ2) is 7.27. The van der Waals surface area contributed by atoms with E-state index < -0.39 is 15.7 Å². The fourth-order valence-electron chi connectivity index (χ4n) is 1.40. The molecule has 0 aliphatic carbocycles. The van der Waals surface area contributed by atoms with Crippen molar-refractivity contribution >= 4 is 10.2 Å². The van der Waals surface area contributed by atoms with Crippen LogP contribution >= 0.6 is 0 Å². The normalized spacial score (nSPS) is 13.3. The molecule has 0 fully saturated rings. The third-order valence-electron chi connectivity index (χ3n) is 2.48. The summed E-state index contributed by atoms with van der Waals surface area (Å²) in [6.07, 6.45) is 0.745. The van der Waals surface area contributed by atoms with Gasteiger partial charge in [-0.15, -0.1) is 0 Å². The summed E-state index contributed by atoms with van der Waals surface area (Å²) in [5, 5.41) is 0. The molecule has 0 spiro atoms. The van der Waals surface area contributed by atoms with Crippen LogP contribution in [0.5, 0.6) is 0 Å². The number of methoxy groups -OCH3 is 1. The molecule has 0 aromatic carbocycles. The largest absolute Gasteiger partial charge is 0.383 e. The summed E-state index contributed by atoms with van der Waals surface area (Å²) >= 11 is 0. The maximum atomic E-state index is 12.1. The average molecular weight is 267 g/mol. The zero-order valence-corrected chi connectivity index (χ0v) is 12.0. The Labute approximate surface area is 105 Å². The molecule has 0 heterocycles. The molecule has 0 amide bonds. The lowest BCUT2D eigenvalue weighted by Crippen LogP contribution is -2.56. The van der Waals surface area contributed by atoms with Crippen LogP contribution in [0.3, 0.4) is 0 Å². The van der Waals surface area contributed by atoms with Gasteiger partial charge >= 0.3 is 0 Å². The molecule has 0 rings (SSSR count). The molecule has 0 atom stereocenters. The maximum absolute atomic E-state index is 12.1. The van der Waals surface area contributed by atoms with Crippen molar-refractivity contribution in [3.05, 3.63) is 0 Å². The standard InChI is InChI=1S/C10H25N3O3S/c1-5-7-13(10(2,3)9-11)17(14,15)12-6-8-16-4/h12H,5-9,11H2,1-4H3. The first-order valence-electron chi connectivity index (χ1n) is 5.78. The molecule has 0 saturated carbocycles. The Balaban J connectivity index is 4.79. The van der Waals surface area contributed by atoms with Gasteiger partial charge in [-0.3, -0.25) is 0 Å². The van der Waals surface area contributed by atoms with Gasteiger partial charge in [-0.2, -0.15) is 17.4 Å². The highest BCUT2D eigenvalue weighted by Crippen LogP contribution is 2.17. The van der Waals surface area contributed by atoms with Crippen molar-refractivity contribution in [3.63, 3.8) is 0 Å². The van der Waals surface area contributed by atoms with Gasteiger partial charge in [0.15, 0.2) is 0 Å². The lowest BCUT2D eigenvalue weighted by atomic mass is 10.1. The minimum Gasteiger partial charge on any atom is -0.383 e. The molecule has 0 bridgehead atoms. The van der Waals surface area contributed by atoms with Gasteiger partial charge in [-0.1, -0.05) is 6.92 Å². The van der Waals surface area contributed by atoms with E-state index in [9.17, 15) is 8.42 Å². The smallest absolute Gasteiger partial charge is 0.280 e. The Morgan fingerprint density at radius 1 is 1.41 bits per heavy atom. The molecule has 0 aliphatic rings. The molecule has 7 heteroatoms. The number of nitrogens with one attached hydrogen (secondary N) is 1. The lowest BCUT2D eigenvalue weighted by molar-refractivity contribution is 0.200. The number of ether oxygens (including phenoxy) is 1. The molecule has 3 N–H and O–H groups in total. The van der Waals surface area contributed by atoms with Gasteiger partial charge in [0.2, 0.25) is 0 Å². The fourth-order valence-corrected chi connectivity index (χ4v) is 3.05. The van der Waals surface area contributed by atoms with Gasteiger partial charge in [-0.05, 0) is 20.3 Å². The Morgan fingerprint density at radius 3 is 2.41 bits per heavy atom. The molecule has 0 aromatic rings. The van der Waals surface area contributed by atoms with E-state index in [4.69, 9.17) is 10.5 Å². The molecule has 104 valence electrons. The summed E-state index contributed by atoms with van der Waals surface area (Å²) in [6, 6.07) is 0. The lowest BCUT2D eigenvalue weighted by Gasteiger charge is -2.36. The van der Waals surface area contributed by atoms with Crippen molar-refractivity contribution in [2.75, 3.05) is 33.4 Å². The van der Waals surface area contributed by atoms with Crippen LogP contribution in [0, 0.1) is 0 Å². The molecule has 0 aromatic heterocycles. The van der Waals surface area contributed by atoms with E-state index in [-0.39, 0.29) is 13.1 Å². The minimum atomic E-state index is -3.50. The number of hydrogen-bond acceptors (Lipinski definition) is 4. The molecule has 0 aliphatic heterocycles. The third kappa shape index (κ3) is 5.31. The Kier molecular flexibility index (Phi) is 7.18. The first-order valence-corrected chi connectivity index (χ1v) is 7.22. The van der Waals surface area contributed by atoms with Gasteiger partial charge in [0.1, 0.15) is 0 Å². The van der Waals surface area contributed by atoms with Gasteiger partial charge in [0, 0.05) is 32.3 Å². The first kappa shape index (κ1) is 16.8. The second-order valence-corrected chi connectivity index (χ2v) is 6.16. The molecular formula is C10H25N3O3S. The summed E-state index contributed by atoms with van der Waals surface area (Å²) in [5.74, 6) is 0. The van der Waals surface area contributed by atoms with Gasteiger partial charge in [-0.25, -0.2) is 0 Å². The monoisotopic (exact) mass is 267 g/mol. The molecule has 17 heavy (non-hydrogen) atoms. The highest BCUT2D eigenvalue weighted by Gasteiger charge is 2.34. The Bertz CT molecular complexity index is 304. The average Bonchev–Trinajstić information content (AvgIpc) is 2.25. The van der Waals surface area contributed by atoms with Crippen molar-refractivity contribution in [2.45, 2.75) is 32.7 Å². The van der Waals surface area contributed by atoms with Crippen LogP contribution in [0.2, 0.25) is 0 Å². The van der Waals surface area contributed by atoms with E-state index in [1.807, 2.05) is 20.8 Å². The fraction of sp³-hybridized carbons (Fsp3) is 1.00. The van der Waals surface area contributed by atoms with Crippen LogP contribution in [0.1, 0.15) is 27.2 Å². The van der Waals surface area contributed by atoms with Crippen LogP contribution in [-0.4, -0.2) is 51.6 Å². The van der Waals surface area contributed by atoms with Gasteiger partial charge < -0.3 is 10.5 Å². The predicted molar refractivity (Wildman–Crippen MR) is 68.9 cm³/mol. The third-order valence-corrected chi connectivity index (χ3v) is 4.31. The quantitative estimate of drug-likeness (QED) is 0.572. The Morgan fingerprint density at radius 2 is 2.00 bits per heavy atom. The van der Waals surface area contributed by atoms with E-state index in [1.54, 1.807) is 0 Å². The van der Waals surface area contributed by atoms with Gasteiger partial charge in [0.25, 0.3) is 10.2 Å². The van der Waals surface area contributed by atoms with Crippen molar-refractivity contribution in [1.82, 2.24) is 9.03 Å². The second-order valence-electron chi connectivity index (χ2n) is 4.48. The Hall–Kier alpha value is -0.210. The predicted octanol–water partition coefficient (Wildman–Crippen LogP) is -0.0835. The van der Waals surface area contributed by atoms with Crippen molar-refractivity contribution < 1.29 is 13.2 Å². The minimum absolute atomic E-state index is 0.264. The van der Waals surface area contributed by atoms with Crippen molar-refractivity contribution in [3.8, 4) is 0 Å². The van der Waals surface area contributed by atoms with Crippen LogP contribution < -0.4 is 10.5 Å². The summed E-state index contributed by atoms with van der Waals surface area (Å²) in [6.45, 7) is 6.91. The summed E-state index contributed by atoms with van der Waals surface area (Å²) < 4.78 is 32.9. The number of nitrogens with zero attached hydrogens (tertiary/aromatic N) is 1. The molecule has 0 saturated heterocycles. The topological polar surface area (TPSA) is 84.7 Å². The summed E-state index contributed by atoms with van der Waals surface area (Å²) in [4.78, 5) is 0. The number of hydrogen-bond donors (Lipinski definition) is 2. The number of rotatable bonds is 9. The summed E-state index contributed by atoms with van der Waals surface area (Å²) in [5.41, 5.74) is 5.04. The van der Waals surface area contributed by atoms with Gasteiger partial charge in [0.05, 0.1) is 6.61 Å². The van der Waals surface area contributed by atoms with Crippen LogP contribution in [-0.2, 0) is 14.9 Å². The van der Waals surface area contributed by atoms with Crippen LogP contribution in [0.25, 0.3) is 0 Å². The van der Waals surface area contributed by atoms with E-state index in [0.29, 0.717) is 13.2 Å².